The summed E-state index contributed by atoms with van der Waals surface area (Å²) in [5.41, 5.74) is 0.843. The Bertz CT molecular complexity index is 1380. The highest BCUT2D eigenvalue weighted by Crippen LogP contribution is 2.29. The normalized spacial score (nSPS) is 20.5. The molecule has 0 aliphatic carbocycles. The molecular formula is C27H32FN5O3S. The number of carbonyl (C=O) groups excluding carboxylic acids is 2. The molecule has 0 radical (unpaired) electrons. The van der Waals surface area contributed by atoms with Crippen molar-refractivity contribution in [3.63, 3.8) is 0 Å². The summed E-state index contributed by atoms with van der Waals surface area (Å²) in [6.07, 6.45) is 2.51. The molecule has 3 aromatic rings. The second kappa shape index (κ2) is 10.2. The van der Waals surface area contributed by atoms with Crippen LogP contribution in [0.2, 0.25) is 0 Å². The van der Waals surface area contributed by atoms with Crippen molar-refractivity contribution in [1.29, 1.82) is 0 Å². The smallest absolute Gasteiger partial charge is 0.264 e. The van der Waals surface area contributed by atoms with Crippen LogP contribution in [0, 0.1) is 24.6 Å². The SMILES string of the molecule is Cc1c(C(=O)N2CCN(c3ccccc3F)CC2)sc2ncn(CC(=O)N3C[C@H](C)C[C@H](C)C3)c(=O)c12. The zero-order valence-electron chi connectivity index (χ0n) is 21.4. The van der Waals surface area contributed by atoms with Crippen LogP contribution in [-0.2, 0) is 11.3 Å². The molecule has 2 amide bonds. The monoisotopic (exact) mass is 525 g/mol. The summed E-state index contributed by atoms with van der Waals surface area (Å²) >= 11 is 1.21. The van der Waals surface area contributed by atoms with Crippen molar-refractivity contribution in [2.45, 2.75) is 33.7 Å². The number of hydrogen-bond donors (Lipinski definition) is 0. The van der Waals surface area contributed by atoms with E-state index in [1.165, 1.54) is 28.3 Å². The molecule has 0 saturated carbocycles. The van der Waals surface area contributed by atoms with Crippen LogP contribution in [0.5, 0.6) is 0 Å². The highest BCUT2D eigenvalue weighted by molar-refractivity contribution is 7.20. The summed E-state index contributed by atoms with van der Waals surface area (Å²) < 4.78 is 15.5. The maximum atomic E-state index is 14.2. The van der Waals surface area contributed by atoms with E-state index < -0.39 is 0 Å². The maximum absolute atomic E-state index is 14.2. The number of thiophene rings is 1. The van der Waals surface area contributed by atoms with E-state index in [4.69, 9.17) is 0 Å². The van der Waals surface area contributed by atoms with Crippen molar-refractivity contribution in [2.75, 3.05) is 44.2 Å². The quantitative estimate of drug-likeness (QED) is 0.522. The third kappa shape index (κ3) is 4.99. The van der Waals surface area contributed by atoms with Crippen LogP contribution in [0.3, 0.4) is 0 Å². The van der Waals surface area contributed by atoms with Crippen molar-refractivity contribution in [1.82, 2.24) is 19.4 Å². The third-order valence-electron chi connectivity index (χ3n) is 7.40. The molecule has 0 unspecified atom stereocenters. The summed E-state index contributed by atoms with van der Waals surface area (Å²) in [5, 5.41) is 0.397. The Morgan fingerprint density at radius 3 is 2.41 bits per heavy atom. The Hall–Kier alpha value is -3.27. The Morgan fingerprint density at radius 1 is 1.05 bits per heavy atom. The molecule has 37 heavy (non-hydrogen) atoms. The van der Waals surface area contributed by atoms with Crippen molar-refractivity contribution < 1.29 is 14.0 Å². The lowest BCUT2D eigenvalue weighted by Crippen LogP contribution is -2.49. The number of piperazine rings is 1. The van der Waals surface area contributed by atoms with Crippen LogP contribution < -0.4 is 10.5 Å². The number of amides is 2. The van der Waals surface area contributed by atoms with Crippen LogP contribution in [0.1, 0.15) is 35.5 Å². The molecule has 2 aliphatic rings. The zero-order valence-corrected chi connectivity index (χ0v) is 22.3. The van der Waals surface area contributed by atoms with Gasteiger partial charge in [0.15, 0.2) is 0 Å². The van der Waals surface area contributed by atoms with E-state index in [9.17, 15) is 18.8 Å². The van der Waals surface area contributed by atoms with E-state index in [1.54, 1.807) is 30.0 Å². The van der Waals surface area contributed by atoms with Crippen LogP contribution in [0.25, 0.3) is 10.2 Å². The minimum Gasteiger partial charge on any atom is -0.366 e. The molecule has 0 bridgehead atoms. The number of likely N-dealkylation sites (tertiary alicyclic amines) is 1. The topological polar surface area (TPSA) is 78.8 Å². The Morgan fingerprint density at radius 2 is 1.73 bits per heavy atom. The number of para-hydroxylation sites is 1. The summed E-state index contributed by atoms with van der Waals surface area (Å²) in [6.45, 7) is 9.37. The van der Waals surface area contributed by atoms with Gasteiger partial charge in [-0.05, 0) is 42.9 Å². The number of nitrogens with zero attached hydrogens (tertiary/aromatic N) is 5. The average Bonchev–Trinajstić information content (AvgIpc) is 3.22. The number of fused-ring (bicyclic) bond motifs is 1. The van der Waals surface area contributed by atoms with Gasteiger partial charge in [-0.1, -0.05) is 26.0 Å². The fourth-order valence-electron chi connectivity index (χ4n) is 5.59. The summed E-state index contributed by atoms with van der Waals surface area (Å²) in [5.74, 6) is 0.371. The number of benzene rings is 1. The molecule has 2 fully saturated rings. The minimum absolute atomic E-state index is 0.0578. The van der Waals surface area contributed by atoms with Crippen LogP contribution in [0.4, 0.5) is 10.1 Å². The first-order valence-electron chi connectivity index (χ1n) is 12.8. The molecule has 4 heterocycles. The predicted molar refractivity (Wildman–Crippen MR) is 143 cm³/mol. The van der Waals surface area contributed by atoms with E-state index in [0.29, 0.717) is 77.4 Å². The fourth-order valence-corrected chi connectivity index (χ4v) is 6.70. The summed E-state index contributed by atoms with van der Waals surface area (Å²) in [6, 6.07) is 6.65. The maximum Gasteiger partial charge on any atom is 0.264 e. The Balaban J connectivity index is 1.32. The number of rotatable bonds is 4. The molecule has 2 aliphatic heterocycles. The fraction of sp³-hybridized carbons (Fsp3) is 0.481. The van der Waals surface area contributed by atoms with Gasteiger partial charge in [-0.3, -0.25) is 19.0 Å². The van der Waals surface area contributed by atoms with Crippen molar-refractivity contribution in [3.05, 3.63) is 57.2 Å². The van der Waals surface area contributed by atoms with Gasteiger partial charge in [0, 0.05) is 39.3 Å². The van der Waals surface area contributed by atoms with Crippen molar-refractivity contribution in [3.8, 4) is 0 Å². The number of aromatic nitrogens is 2. The molecule has 8 nitrogen and oxygen atoms in total. The lowest BCUT2D eigenvalue weighted by Gasteiger charge is -2.36. The number of hydrogen-bond acceptors (Lipinski definition) is 6. The van der Waals surface area contributed by atoms with Gasteiger partial charge in [-0.15, -0.1) is 11.3 Å². The third-order valence-corrected chi connectivity index (χ3v) is 8.59. The molecule has 5 rings (SSSR count). The molecule has 2 saturated heterocycles. The second-order valence-electron chi connectivity index (χ2n) is 10.4. The zero-order chi connectivity index (χ0) is 26.3. The van der Waals surface area contributed by atoms with Crippen LogP contribution >= 0.6 is 11.3 Å². The van der Waals surface area contributed by atoms with Crippen LogP contribution in [0.15, 0.2) is 35.4 Å². The predicted octanol–water partition coefficient (Wildman–Crippen LogP) is 3.37. The number of halogens is 1. The number of piperidine rings is 1. The first-order valence-corrected chi connectivity index (χ1v) is 13.6. The van der Waals surface area contributed by atoms with E-state index >= 15 is 0 Å². The van der Waals surface area contributed by atoms with Gasteiger partial charge in [0.05, 0.1) is 22.3 Å². The Labute approximate surface area is 219 Å². The average molecular weight is 526 g/mol. The minimum atomic E-state index is -0.298. The van der Waals surface area contributed by atoms with Gasteiger partial charge in [0.1, 0.15) is 17.2 Å². The van der Waals surface area contributed by atoms with Crippen molar-refractivity contribution >= 4 is 39.1 Å². The molecule has 2 aromatic heterocycles. The van der Waals surface area contributed by atoms with Gasteiger partial charge in [-0.25, -0.2) is 9.37 Å². The van der Waals surface area contributed by atoms with E-state index in [1.807, 2.05) is 9.80 Å². The van der Waals surface area contributed by atoms with E-state index in [-0.39, 0.29) is 29.7 Å². The number of anilines is 1. The molecule has 196 valence electrons. The molecule has 0 N–H and O–H groups in total. The lowest BCUT2D eigenvalue weighted by molar-refractivity contribution is -0.134. The number of carbonyl (C=O) groups is 2. The number of aryl methyl sites for hydroxylation is 1. The molecule has 10 heteroatoms. The van der Waals surface area contributed by atoms with Crippen LogP contribution in [-0.4, -0.2) is 70.4 Å². The molecular weight excluding hydrogens is 493 g/mol. The van der Waals surface area contributed by atoms with Gasteiger partial charge >= 0.3 is 0 Å². The standard InChI is InChI=1S/C27H32FN5O3S/c1-17-12-18(2)14-32(13-17)22(34)15-33-16-29-25-23(26(33)35)19(3)24(37-25)27(36)31-10-8-30(9-11-31)21-7-5-4-6-20(21)28/h4-7,16-18H,8-15H2,1-3H3/t17-,18+. The first kappa shape index (κ1) is 25.4. The second-order valence-corrected chi connectivity index (χ2v) is 11.4. The van der Waals surface area contributed by atoms with Gasteiger partial charge in [0.2, 0.25) is 5.91 Å². The van der Waals surface area contributed by atoms with E-state index in [2.05, 4.69) is 18.8 Å². The van der Waals surface area contributed by atoms with Gasteiger partial charge < -0.3 is 14.7 Å². The van der Waals surface area contributed by atoms with Crippen molar-refractivity contribution in [2.24, 2.45) is 11.8 Å². The van der Waals surface area contributed by atoms with Gasteiger partial charge in [0.25, 0.3) is 11.5 Å². The lowest BCUT2D eigenvalue weighted by atomic mass is 9.92. The summed E-state index contributed by atoms with van der Waals surface area (Å²) in [7, 11) is 0. The first-order chi connectivity index (χ1) is 17.7. The molecule has 2 atom stereocenters. The summed E-state index contributed by atoms with van der Waals surface area (Å²) in [4.78, 5) is 50.6. The highest BCUT2D eigenvalue weighted by Gasteiger charge is 2.29. The molecule has 0 spiro atoms. The largest absolute Gasteiger partial charge is 0.366 e. The van der Waals surface area contributed by atoms with E-state index in [0.717, 1.165) is 6.42 Å². The Kier molecular flexibility index (Phi) is 7.02. The molecule has 1 aromatic carbocycles. The highest BCUT2D eigenvalue weighted by atomic mass is 32.1. The van der Waals surface area contributed by atoms with Gasteiger partial charge in [-0.2, -0.15) is 0 Å².